The van der Waals surface area contributed by atoms with Gasteiger partial charge in [-0.2, -0.15) is 5.10 Å². The molecule has 6 nitrogen and oxygen atoms in total. The molecule has 17 heavy (non-hydrogen) atoms. The van der Waals surface area contributed by atoms with Crippen molar-refractivity contribution in [3.63, 3.8) is 0 Å². The quantitative estimate of drug-likeness (QED) is 0.789. The van der Waals surface area contributed by atoms with Crippen molar-refractivity contribution in [1.82, 2.24) is 25.1 Å². The van der Waals surface area contributed by atoms with Gasteiger partial charge in [-0.05, 0) is 25.1 Å². The van der Waals surface area contributed by atoms with Gasteiger partial charge in [0.25, 0.3) is 0 Å². The zero-order valence-electron chi connectivity index (χ0n) is 9.77. The monoisotopic (exact) mass is 250 g/mol. The van der Waals surface area contributed by atoms with Crippen LogP contribution in [0.2, 0.25) is 0 Å². The number of hydrogen-bond acceptors (Lipinski definition) is 6. The molecule has 0 aliphatic carbocycles. The van der Waals surface area contributed by atoms with Gasteiger partial charge in [0.15, 0.2) is 5.16 Å². The third kappa shape index (κ3) is 3.16. The summed E-state index contributed by atoms with van der Waals surface area (Å²) in [5.41, 5.74) is 1.02. The number of aromatic nitrogens is 5. The lowest BCUT2D eigenvalue weighted by molar-refractivity contribution is 0.919. The van der Waals surface area contributed by atoms with Crippen molar-refractivity contribution in [2.75, 3.05) is 11.9 Å². The van der Waals surface area contributed by atoms with E-state index in [9.17, 15) is 0 Å². The molecular weight excluding hydrogens is 236 g/mol. The van der Waals surface area contributed by atoms with Crippen molar-refractivity contribution >= 4 is 17.7 Å². The lowest BCUT2D eigenvalue weighted by Gasteiger charge is -2.06. The topological polar surface area (TPSA) is 79.4 Å². The Hall–Kier alpha value is -1.63. The number of aryl methyl sites for hydroxylation is 1. The van der Waals surface area contributed by atoms with Gasteiger partial charge in [0, 0.05) is 18.3 Å². The average molecular weight is 250 g/mol. The summed E-state index contributed by atoms with van der Waals surface area (Å²) in [6, 6.07) is 0. The van der Waals surface area contributed by atoms with Crippen molar-refractivity contribution in [3.05, 3.63) is 18.1 Å². The second kappa shape index (κ2) is 5.62. The lowest BCUT2D eigenvalue weighted by atomic mass is 10.4. The summed E-state index contributed by atoms with van der Waals surface area (Å²) in [6.07, 6.45) is 4.33. The minimum absolute atomic E-state index is 0.652. The molecule has 0 aromatic carbocycles. The Morgan fingerprint density at radius 2 is 2.29 bits per heavy atom. The molecule has 2 rings (SSSR count). The molecule has 7 heteroatoms. The van der Waals surface area contributed by atoms with Crippen molar-refractivity contribution < 1.29 is 0 Å². The van der Waals surface area contributed by atoms with Crippen molar-refractivity contribution in [3.8, 4) is 0 Å². The number of hydrogen-bond donors (Lipinski definition) is 2. The van der Waals surface area contributed by atoms with E-state index in [4.69, 9.17) is 0 Å². The molecule has 2 aromatic heterocycles. The van der Waals surface area contributed by atoms with E-state index in [0.29, 0.717) is 5.95 Å². The molecule has 90 valence electrons. The van der Waals surface area contributed by atoms with Crippen LogP contribution in [0.15, 0.2) is 22.7 Å². The largest absolute Gasteiger partial charge is 0.354 e. The van der Waals surface area contributed by atoms with Crippen LogP contribution < -0.4 is 5.32 Å². The summed E-state index contributed by atoms with van der Waals surface area (Å²) in [5, 5.41) is 11.4. The van der Waals surface area contributed by atoms with Gasteiger partial charge in [-0.25, -0.2) is 15.0 Å². The van der Waals surface area contributed by atoms with E-state index in [1.54, 1.807) is 0 Å². The summed E-state index contributed by atoms with van der Waals surface area (Å²) in [5.74, 6) is 0.652. The zero-order chi connectivity index (χ0) is 12.1. The van der Waals surface area contributed by atoms with E-state index in [2.05, 4.69) is 37.4 Å². The molecule has 0 atom stereocenters. The average Bonchev–Trinajstić information content (AvgIpc) is 2.83. The predicted octanol–water partition coefficient (Wildman–Crippen LogP) is 1.88. The van der Waals surface area contributed by atoms with Crippen LogP contribution in [-0.2, 0) is 0 Å². The second-order valence-electron chi connectivity index (χ2n) is 3.50. The highest BCUT2D eigenvalue weighted by molar-refractivity contribution is 7.99. The third-order valence-electron chi connectivity index (χ3n) is 2.04. The summed E-state index contributed by atoms with van der Waals surface area (Å²) in [6.45, 7) is 4.95. The molecule has 0 bridgehead atoms. The van der Waals surface area contributed by atoms with Crippen LogP contribution in [-0.4, -0.2) is 31.7 Å². The molecule has 2 heterocycles. The molecule has 0 saturated carbocycles. The Morgan fingerprint density at radius 3 is 3.00 bits per heavy atom. The fourth-order valence-electron chi connectivity index (χ4n) is 1.19. The van der Waals surface area contributed by atoms with Gasteiger partial charge >= 0.3 is 0 Å². The molecule has 2 aromatic rings. The molecule has 0 unspecified atom stereocenters. The van der Waals surface area contributed by atoms with Gasteiger partial charge in [-0.15, -0.1) is 0 Å². The highest BCUT2D eigenvalue weighted by Gasteiger charge is 2.07. The van der Waals surface area contributed by atoms with Crippen LogP contribution in [0.4, 0.5) is 5.95 Å². The summed E-state index contributed by atoms with van der Waals surface area (Å²) in [4.78, 5) is 12.7. The first-order valence-corrected chi connectivity index (χ1v) is 6.22. The molecule has 0 aliphatic rings. The molecule has 0 aliphatic heterocycles. The molecular formula is C10H14N6S. The highest BCUT2D eigenvalue weighted by Crippen LogP contribution is 2.25. The molecule has 2 N–H and O–H groups in total. The number of aromatic amines is 1. The SMILES string of the molecule is CCCNc1ncc(C)c(Sc2ncn[nH]2)n1. The molecule has 0 fully saturated rings. The second-order valence-corrected chi connectivity index (χ2v) is 4.48. The van der Waals surface area contributed by atoms with Crippen LogP contribution in [0.25, 0.3) is 0 Å². The normalized spacial score (nSPS) is 10.5. The lowest BCUT2D eigenvalue weighted by Crippen LogP contribution is -2.05. The molecule has 0 saturated heterocycles. The van der Waals surface area contributed by atoms with E-state index >= 15 is 0 Å². The van der Waals surface area contributed by atoms with Gasteiger partial charge in [-0.1, -0.05) is 6.92 Å². The van der Waals surface area contributed by atoms with Crippen molar-refractivity contribution in [2.45, 2.75) is 30.5 Å². The first-order valence-electron chi connectivity index (χ1n) is 5.40. The van der Waals surface area contributed by atoms with E-state index < -0.39 is 0 Å². The Morgan fingerprint density at radius 1 is 1.41 bits per heavy atom. The number of rotatable bonds is 5. The number of nitrogens with one attached hydrogen (secondary N) is 2. The van der Waals surface area contributed by atoms with Crippen molar-refractivity contribution in [1.29, 1.82) is 0 Å². The summed E-state index contributed by atoms with van der Waals surface area (Å²) < 4.78 is 0. The third-order valence-corrected chi connectivity index (χ3v) is 3.04. The maximum absolute atomic E-state index is 4.44. The first-order chi connectivity index (χ1) is 8.29. The Balaban J connectivity index is 2.14. The molecule has 0 spiro atoms. The minimum atomic E-state index is 0.652. The van der Waals surface area contributed by atoms with Crippen LogP contribution in [0, 0.1) is 6.92 Å². The van der Waals surface area contributed by atoms with E-state index in [-0.39, 0.29) is 0 Å². The molecule has 0 amide bonds. The fourth-order valence-corrected chi connectivity index (χ4v) is 1.91. The van der Waals surface area contributed by atoms with Gasteiger partial charge in [-0.3, -0.25) is 5.10 Å². The van der Waals surface area contributed by atoms with E-state index in [0.717, 1.165) is 28.7 Å². The smallest absolute Gasteiger partial charge is 0.223 e. The summed E-state index contributed by atoms with van der Waals surface area (Å²) in [7, 11) is 0. The highest BCUT2D eigenvalue weighted by atomic mass is 32.2. The Kier molecular flexibility index (Phi) is 3.92. The molecule has 0 radical (unpaired) electrons. The van der Waals surface area contributed by atoms with Gasteiger partial charge in [0.2, 0.25) is 5.95 Å². The Labute approximate surface area is 104 Å². The zero-order valence-corrected chi connectivity index (χ0v) is 10.6. The van der Waals surface area contributed by atoms with Crippen LogP contribution >= 0.6 is 11.8 Å². The number of nitrogens with zero attached hydrogens (tertiary/aromatic N) is 4. The fraction of sp³-hybridized carbons (Fsp3) is 0.400. The number of anilines is 1. The maximum Gasteiger partial charge on any atom is 0.223 e. The van der Waals surface area contributed by atoms with E-state index in [1.807, 2.05) is 13.1 Å². The standard InChI is InChI=1S/C10H14N6S/c1-3-4-11-9-12-5-7(2)8(15-9)17-10-13-6-14-16-10/h5-6H,3-4H2,1-2H3,(H,11,12,15)(H,13,14,16). The van der Waals surface area contributed by atoms with Gasteiger partial charge in [0.1, 0.15) is 11.4 Å². The van der Waals surface area contributed by atoms with Crippen molar-refractivity contribution in [2.24, 2.45) is 0 Å². The number of H-pyrrole nitrogens is 1. The van der Waals surface area contributed by atoms with Gasteiger partial charge < -0.3 is 5.32 Å². The Bertz CT molecular complexity index is 470. The van der Waals surface area contributed by atoms with E-state index in [1.165, 1.54) is 18.1 Å². The minimum Gasteiger partial charge on any atom is -0.354 e. The maximum atomic E-state index is 4.44. The van der Waals surface area contributed by atoms with Crippen LogP contribution in [0.3, 0.4) is 0 Å². The van der Waals surface area contributed by atoms with Gasteiger partial charge in [0.05, 0.1) is 0 Å². The first kappa shape index (κ1) is 11.8. The summed E-state index contributed by atoms with van der Waals surface area (Å²) >= 11 is 1.45. The van der Waals surface area contributed by atoms with Crippen LogP contribution in [0.1, 0.15) is 18.9 Å². The predicted molar refractivity (Wildman–Crippen MR) is 66.1 cm³/mol. The van der Waals surface area contributed by atoms with Crippen LogP contribution in [0.5, 0.6) is 0 Å².